The number of hydrogen-bond acceptors (Lipinski definition) is 5. The van der Waals surface area contributed by atoms with Gasteiger partial charge in [0, 0.05) is 36.8 Å². The van der Waals surface area contributed by atoms with Gasteiger partial charge in [0.1, 0.15) is 12.1 Å². The van der Waals surface area contributed by atoms with Crippen molar-refractivity contribution in [3.63, 3.8) is 0 Å². The fraction of sp³-hybridized carbons (Fsp3) is 0.227. The first kappa shape index (κ1) is 21.3. The molecule has 2 heterocycles. The van der Waals surface area contributed by atoms with Crippen LogP contribution in [0.3, 0.4) is 0 Å². The number of aromatic nitrogens is 2. The van der Waals surface area contributed by atoms with Gasteiger partial charge < -0.3 is 14.5 Å². The van der Waals surface area contributed by atoms with Crippen molar-refractivity contribution >= 4 is 34.9 Å². The van der Waals surface area contributed by atoms with E-state index < -0.39 is 5.82 Å². The van der Waals surface area contributed by atoms with Gasteiger partial charge >= 0.3 is 0 Å². The Bertz CT molecular complexity index is 1110. The molecule has 1 atom stereocenters. The number of carbonyl (C=O) groups excluding carboxylic acids is 1. The molecule has 2 aromatic carbocycles. The monoisotopic (exact) mass is 460 g/mol. The number of anilines is 1. The fourth-order valence-corrected chi connectivity index (χ4v) is 3.97. The highest BCUT2D eigenvalue weighted by atomic mass is 35.5. The number of ether oxygens (including phenoxy) is 1. The molecular weight excluding hydrogens is 442 g/mol. The molecule has 9 heteroatoms. The number of hydrogen-bond donors (Lipinski definition) is 0. The third-order valence-electron chi connectivity index (χ3n) is 5.05. The van der Waals surface area contributed by atoms with Crippen molar-refractivity contribution in [2.75, 3.05) is 24.5 Å². The Hall–Kier alpha value is -2.90. The summed E-state index contributed by atoms with van der Waals surface area (Å²) in [6.45, 7) is 3.59. The topological polar surface area (TPSA) is 58.6 Å². The number of para-hydroxylation sites is 1. The van der Waals surface area contributed by atoms with Gasteiger partial charge in [-0.3, -0.25) is 4.79 Å². The summed E-state index contributed by atoms with van der Waals surface area (Å²) in [4.78, 5) is 25.2. The van der Waals surface area contributed by atoms with Crippen LogP contribution >= 0.6 is 23.2 Å². The average Bonchev–Trinajstić information content (AvgIpc) is 2.75. The smallest absolute Gasteiger partial charge is 0.255 e. The van der Waals surface area contributed by atoms with Crippen molar-refractivity contribution < 1.29 is 13.9 Å². The van der Waals surface area contributed by atoms with Gasteiger partial charge in [-0.2, -0.15) is 0 Å². The number of rotatable bonds is 4. The molecule has 1 aliphatic heterocycles. The highest BCUT2D eigenvalue weighted by molar-refractivity contribution is 6.36. The molecule has 0 aliphatic carbocycles. The van der Waals surface area contributed by atoms with E-state index in [0.717, 1.165) is 0 Å². The molecule has 0 unspecified atom stereocenters. The lowest BCUT2D eigenvalue weighted by molar-refractivity contribution is 0.0674. The molecule has 160 valence electrons. The molecule has 4 rings (SSSR count). The minimum atomic E-state index is -0.468. The van der Waals surface area contributed by atoms with Crippen molar-refractivity contribution in [3.8, 4) is 11.6 Å². The van der Waals surface area contributed by atoms with E-state index >= 15 is 0 Å². The van der Waals surface area contributed by atoms with E-state index in [9.17, 15) is 9.18 Å². The van der Waals surface area contributed by atoms with Crippen LogP contribution in [-0.4, -0.2) is 46.5 Å². The van der Waals surface area contributed by atoms with Gasteiger partial charge in [0.15, 0.2) is 11.6 Å². The van der Waals surface area contributed by atoms with Crippen LogP contribution in [0.25, 0.3) is 0 Å². The Balaban J connectivity index is 1.46. The van der Waals surface area contributed by atoms with Crippen LogP contribution in [0.2, 0.25) is 10.0 Å². The molecule has 0 saturated carbocycles. The second-order valence-electron chi connectivity index (χ2n) is 7.16. The first-order valence-corrected chi connectivity index (χ1v) is 10.4. The molecule has 0 radical (unpaired) electrons. The van der Waals surface area contributed by atoms with Crippen molar-refractivity contribution in [1.82, 2.24) is 14.9 Å². The molecule has 1 amide bonds. The van der Waals surface area contributed by atoms with Gasteiger partial charge in [0.2, 0.25) is 5.88 Å². The van der Waals surface area contributed by atoms with Gasteiger partial charge in [-0.15, -0.1) is 0 Å². The fourth-order valence-electron chi connectivity index (χ4n) is 3.48. The van der Waals surface area contributed by atoms with Gasteiger partial charge in [-0.05, 0) is 37.3 Å². The largest absolute Gasteiger partial charge is 0.436 e. The standard InChI is InChI=1S/C22H19Cl2FN4O2/c1-14-12-28(8-9-29(14)22(30)16-7-6-15(23)10-17(16)24)20-11-21(27-13-26-20)31-19-5-3-2-4-18(19)25/h2-7,10-11,13-14H,8-9,12H2,1H3/t14-/m1/s1. The number of piperazine rings is 1. The molecule has 0 bridgehead atoms. The summed E-state index contributed by atoms with van der Waals surface area (Å²) < 4.78 is 19.4. The van der Waals surface area contributed by atoms with E-state index in [-0.39, 0.29) is 23.6 Å². The Morgan fingerprint density at radius 2 is 1.94 bits per heavy atom. The van der Waals surface area contributed by atoms with Gasteiger partial charge in [-0.25, -0.2) is 14.4 Å². The number of halogens is 3. The predicted molar refractivity (Wildman–Crippen MR) is 118 cm³/mol. The highest BCUT2D eigenvalue weighted by Crippen LogP contribution is 2.27. The molecule has 6 nitrogen and oxygen atoms in total. The van der Waals surface area contributed by atoms with E-state index in [1.165, 1.54) is 18.5 Å². The lowest BCUT2D eigenvalue weighted by Crippen LogP contribution is -2.54. The molecule has 1 aromatic heterocycles. The van der Waals surface area contributed by atoms with E-state index in [1.807, 2.05) is 11.8 Å². The van der Waals surface area contributed by atoms with E-state index in [0.29, 0.717) is 41.1 Å². The number of amides is 1. The quantitative estimate of drug-likeness (QED) is 0.544. The van der Waals surface area contributed by atoms with Crippen LogP contribution < -0.4 is 9.64 Å². The molecule has 1 saturated heterocycles. The van der Waals surface area contributed by atoms with E-state index in [2.05, 4.69) is 9.97 Å². The van der Waals surface area contributed by atoms with Crippen LogP contribution in [-0.2, 0) is 0 Å². The SMILES string of the molecule is C[C@@H]1CN(c2cc(Oc3ccccc3F)ncn2)CCN1C(=O)c1ccc(Cl)cc1Cl. The predicted octanol–water partition coefficient (Wildman–Crippen LogP) is 5.07. The number of carbonyl (C=O) groups is 1. The van der Waals surface area contributed by atoms with Crippen molar-refractivity contribution in [2.24, 2.45) is 0 Å². The van der Waals surface area contributed by atoms with Gasteiger partial charge in [0.25, 0.3) is 5.91 Å². The van der Waals surface area contributed by atoms with Crippen LogP contribution in [0.1, 0.15) is 17.3 Å². The first-order chi connectivity index (χ1) is 14.9. The van der Waals surface area contributed by atoms with Gasteiger partial charge in [-0.1, -0.05) is 35.3 Å². The molecule has 1 fully saturated rings. The first-order valence-electron chi connectivity index (χ1n) is 9.68. The maximum atomic E-state index is 13.9. The van der Waals surface area contributed by atoms with Crippen molar-refractivity contribution in [1.29, 1.82) is 0 Å². The summed E-state index contributed by atoms with van der Waals surface area (Å²) in [5.74, 6) is 0.374. The molecule has 1 aliphatic rings. The molecular formula is C22H19Cl2FN4O2. The summed E-state index contributed by atoms with van der Waals surface area (Å²) in [5.41, 5.74) is 0.425. The molecule has 3 aromatic rings. The van der Waals surface area contributed by atoms with Crippen molar-refractivity contribution in [2.45, 2.75) is 13.0 Å². The highest BCUT2D eigenvalue weighted by Gasteiger charge is 2.30. The second-order valence-corrected chi connectivity index (χ2v) is 8.01. The molecule has 31 heavy (non-hydrogen) atoms. The summed E-state index contributed by atoms with van der Waals surface area (Å²) in [6, 6.07) is 12.6. The second kappa shape index (κ2) is 9.08. The Morgan fingerprint density at radius 3 is 2.68 bits per heavy atom. The zero-order valence-corrected chi connectivity index (χ0v) is 18.1. The Kier molecular flexibility index (Phi) is 6.25. The summed E-state index contributed by atoms with van der Waals surface area (Å²) >= 11 is 12.1. The zero-order valence-electron chi connectivity index (χ0n) is 16.6. The third-order valence-corrected chi connectivity index (χ3v) is 5.60. The summed E-state index contributed by atoms with van der Waals surface area (Å²) in [7, 11) is 0. The minimum Gasteiger partial charge on any atom is -0.436 e. The average molecular weight is 461 g/mol. The third kappa shape index (κ3) is 4.73. The van der Waals surface area contributed by atoms with Crippen LogP contribution in [0.4, 0.5) is 10.2 Å². The van der Waals surface area contributed by atoms with Crippen LogP contribution in [0.15, 0.2) is 54.9 Å². The minimum absolute atomic E-state index is 0.0844. The lowest BCUT2D eigenvalue weighted by atomic mass is 10.1. The maximum Gasteiger partial charge on any atom is 0.255 e. The molecule has 0 N–H and O–H groups in total. The summed E-state index contributed by atoms with van der Waals surface area (Å²) in [6.07, 6.45) is 1.38. The Morgan fingerprint density at radius 1 is 1.13 bits per heavy atom. The Labute approximate surface area is 189 Å². The lowest BCUT2D eigenvalue weighted by Gasteiger charge is -2.40. The molecule has 0 spiro atoms. The summed E-state index contributed by atoms with van der Waals surface area (Å²) in [5, 5.41) is 0.814. The number of nitrogens with zero attached hydrogens (tertiary/aromatic N) is 4. The zero-order chi connectivity index (χ0) is 22.0. The van der Waals surface area contributed by atoms with E-state index in [4.69, 9.17) is 27.9 Å². The van der Waals surface area contributed by atoms with Gasteiger partial charge in [0.05, 0.1) is 10.6 Å². The normalized spacial score (nSPS) is 16.3. The van der Waals surface area contributed by atoms with Crippen LogP contribution in [0.5, 0.6) is 11.6 Å². The number of benzene rings is 2. The van der Waals surface area contributed by atoms with E-state index in [1.54, 1.807) is 41.3 Å². The van der Waals surface area contributed by atoms with Crippen LogP contribution in [0, 0.1) is 5.82 Å². The van der Waals surface area contributed by atoms with Crippen molar-refractivity contribution in [3.05, 3.63) is 76.3 Å². The maximum absolute atomic E-state index is 13.9.